The number of aromatic nitrogens is 2. The highest BCUT2D eigenvalue weighted by Crippen LogP contribution is 2.51. The van der Waals surface area contributed by atoms with Crippen molar-refractivity contribution in [3.05, 3.63) is 163 Å². The van der Waals surface area contributed by atoms with Crippen molar-refractivity contribution in [1.82, 2.24) is 9.13 Å². The Balaban J connectivity index is 1.33. The summed E-state index contributed by atoms with van der Waals surface area (Å²) in [6, 6.07) is 57.8. The summed E-state index contributed by atoms with van der Waals surface area (Å²) < 4.78 is 5.36. The van der Waals surface area contributed by atoms with Gasteiger partial charge in [-0.2, -0.15) is 0 Å². The normalized spacial score (nSPS) is 13.6. The Kier molecular flexibility index (Phi) is 6.30. The van der Waals surface area contributed by atoms with Crippen LogP contribution in [0.1, 0.15) is 52.7 Å². The Labute approximate surface area is 345 Å². The van der Waals surface area contributed by atoms with Crippen LogP contribution in [0.25, 0.3) is 99.5 Å². The average Bonchev–Trinajstić information content (AvgIpc) is 3.77. The van der Waals surface area contributed by atoms with Crippen molar-refractivity contribution in [3.8, 4) is 56.0 Å². The highest BCUT2D eigenvalue weighted by Gasteiger charge is 2.48. The molecule has 0 spiro atoms. The zero-order valence-corrected chi connectivity index (χ0v) is 34.4. The van der Waals surface area contributed by atoms with Gasteiger partial charge in [-0.3, -0.25) is 0 Å². The molecule has 13 rings (SSSR count). The Bertz CT molecular complexity index is 3480. The number of fused-ring (bicyclic) bond motifs is 6. The van der Waals surface area contributed by atoms with Crippen molar-refractivity contribution in [3.63, 3.8) is 0 Å². The van der Waals surface area contributed by atoms with E-state index in [9.17, 15) is 0 Å². The maximum Gasteiger partial charge on any atom is 0.253 e. The quantitative estimate of drug-likeness (QED) is 0.159. The second-order valence-corrected chi connectivity index (χ2v) is 19.3. The van der Waals surface area contributed by atoms with E-state index in [4.69, 9.17) is 0 Å². The smallest absolute Gasteiger partial charge is 0.253 e. The van der Waals surface area contributed by atoms with Gasteiger partial charge < -0.3 is 9.13 Å². The van der Waals surface area contributed by atoms with E-state index in [-0.39, 0.29) is 17.5 Å². The Hall–Kier alpha value is -6.58. The third kappa shape index (κ3) is 4.23. The van der Waals surface area contributed by atoms with Crippen LogP contribution >= 0.6 is 0 Å². The maximum atomic E-state index is 2.69. The zero-order valence-electron chi connectivity index (χ0n) is 34.4. The predicted molar refractivity (Wildman–Crippen MR) is 252 cm³/mol. The third-order valence-corrected chi connectivity index (χ3v) is 13.9. The van der Waals surface area contributed by atoms with E-state index in [2.05, 4.69) is 202 Å². The molecule has 3 heteroatoms. The number of nitrogens with zero attached hydrogens (tertiary/aromatic N) is 2. The largest absolute Gasteiger partial charge is 0.310 e. The van der Waals surface area contributed by atoms with Gasteiger partial charge in [0.05, 0.1) is 16.7 Å². The summed E-state index contributed by atoms with van der Waals surface area (Å²) in [6.45, 7) is 14.3. The molecule has 0 unspecified atom stereocenters. The molecule has 280 valence electrons. The van der Waals surface area contributed by atoms with Crippen molar-refractivity contribution in [2.75, 3.05) is 0 Å². The van der Waals surface area contributed by atoms with Crippen LogP contribution in [0, 0.1) is 0 Å². The summed E-state index contributed by atoms with van der Waals surface area (Å²) >= 11 is 0. The average molecular weight is 755 g/mol. The molecule has 0 fully saturated rings. The topological polar surface area (TPSA) is 9.86 Å². The number of hydrogen-bond donors (Lipinski definition) is 0. The molecule has 0 amide bonds. The van der Waals surface area contributed by atoms with E-state index in [1.807, 2.05) is 0 Å². The standard InChI is InChI=1S/C56H43BN2/c1-55(2,3)37-25-26-43-39(30-37)40-31-42(56(4,5)6)48-38-24-16-23-35-27-41-47(33-19-12-8-13-20-33)52(34-21-14-9-15-22-34)59-45-29-36(32-17-10-7-11-18-32)28-44-49(45)57(50(46(35)38)54(41)59)51(48)53(40)58(43)44/h7-31H,1-6H3. The van der Waals surface area contributed by atoms with Crippen molar-refractivity contribution < 1.29 is 0 Å². The van der Waals surface area contributed by atoms with Crippen LogP contribution in [-0.4, -0.2) is 15.8 Å². The fourth-order valence-electron chi connectivity index (χ4n) is 11.4. The van der Waals surface area contributed by atoms with Gasteiger partial charge in [0.15, 0.2) is 0 Å². The van der Waals surface area contributed by atoms with Gasteiger partial charge in [0.25, 0.3) is 6.71 Å². The summed E-state index contributed by atoms with van der Waals surface area (Å²) in [5.74, 6) is 0. The van der Waals surface area contributed by atoms with E-state index in [0.29, 0.717) is 0 Å². The molecule has 0 aliphatic carbocycles. The van der Waals surface area contributed by atoms with Crippen molar-refractivity contribution in [2.45, 2.75) is 52.4 Å². The molecule has 0 saturated heterocycles. The van der Waals surface area contributed by atoms with Crippen molar-refractivity contribution >= 4 is 66.6 Å². The molecule has 3 aliphatic rings. The highest BCUT2D eigenvalue weighted by molar-refractivity contribution is 7.03. The van der Waals surface area contributed by atoms with Crippen molar-refractivity contribution in [1.29, 1.82) is 0 Å². The van der Waals surface area contributed by atoms with Crippen molar-refractivity contribution in [2.24, 2.45) is 0 Å². The molecule has 2 aromatic heterocycles. The molecule has 3 aliphatic heterocycles. The van der Waals surface area contributed by atoms with Gasteiger partial charge >= 0.3 is 0 Å². The molecule has 0 atom stereocenters. The number of hydrogen-bond acceptors (Lipinski definition) is 0. The molecule has 10 aromatic rings. The van der Waals surface area contributed by atoms with Gasteiger partial charge in [-0.15, -0.1) is 0 Å². The zero-order chi connectivity index (χ0) is 39.7. The monoisotopic (exact) mass is 754 g/mol. The first-order valence-corrected chi connectivity index (χ1v) is 21.2. The molecule has 0 bridgehead atoms. The lowest BCUT2D eigenvalue weighted by Gasteiger charge is -2.40. The minimum atomic E-state index is -0.0873. The second kappa shape index (κ2) is 11.1. The summed E-state index contributed by atoms with van der Waals surface area (Å²) in [5.41, 5.74) is 23.9. The first-order chi connectivity index (χ1) is 28.6. The van der Waals surface area contributed by atoms with Gasteiger partial charge in [-0.25, -0.2) is 0 Å². The van der Waals surface area contributed by atoms with E-state index < -0.39 is 0 Å². The van der Waals surface area contributed by atoms with Crippen LogP contribution in [0.2, 0.25) is 0 Å². The molecular formula is C56H43BN2. The lowest BCUT2D eigenvalue weighted by molar-refractivity contribution is 0.591. The lowest BCUT2D eigenvalue weighted by Crippen LogP contribution is -2.61. The van der Waals surface area contributed by atoms with Gasteiger partial charge in [-0.05, 0) is 119 Å². The molecule has 0 N–H and O–H groups in total. The minimum Gasteiger partial charge on any atom is -0.310 e. The van der Waals surface area contributed by atoms with Crippen LogP contribution in [0.15, 0.2) is 152 Å². The maximum absolute atomic E-state index is 2.69. The fourth-order valence-corrected chi connectivity index (χ4v) is 11.4. The number of benzene rings is 8. The van der Waals surface area contributed by atoms with Crippen LogP contribution < -0.4 is 16.4 Å². The van der Waals surface area contributed by atoms with E-state index >= 15 is 0 Å². The molecule has 8 aromatic carbocycles. The molecule has 0 radical (unpaired) electrons. The molecule has 5 heterocycles. The van der Waals surface area contributed by atoms with Crippen LogP contribution in [0.4, 0.5) is 0 Å². The minimum absolute atomic E-state index is 0.0227. The van der Waals surface area contributed by atoms with Gasteiger partial charge in [-0.1, -0.05) is 157 Å². The SMILES string of the molecule is CC(C)(C)c1ccc2c(c1)c1cc(C(C)(C)C)c3c4c1n2-c1cc(-c2ccccc2)cc2c1B4c1c4c-3cccc4cc3c(-c4ccccc4)c(-c4ccccc4)n-2c13. The van der Waals surface area contributed by atoms with Gasteiger partial charge in [0, 0.05) is 38.6 Å². The Morgan fingerprint density at radius 3 is 1.76 bits per heavy atom. The summed E-state index contributed by atoms with van der Waals surface area (Å²) in [6.07, 6.45) is 0. The molecule has 2 nitrogen and oxygen atoms in total. The third-order valence-electron chi connectivity index (χ3n) is 13.9. The number of rotatable bonds is 3. The second-order valence-electron chi connectivity index (χ2n) is 19.3. The fraction of sp³-hybridized carbons (Fsp3) is 0.143. The lowest BCUT2D eigenvalue weighted by atomic mass is 9.31. The van der Waals surface area contributed by atoms with Gasteiger partial charge in [0.1, 0.15) is 0 Å². The predicted octanol–water partition coefficient (Wildman–Crippen LogP) is 12.6. The van der Waals surface area contributed by atoms with E-state index in [1.165, 1.54) is 127 Å². The van der Waals surface area contributed by atoms with Crippen LogP contribution in [0.3, 0.4) is 0 Å². The Morgan fingerprint density at radius 2 is 1.08 bits per heavy atom. The molecular weight excluding hydrogens is 711 g/mol. The van der Waals surface area contributed by atoms with E-state index in [1.54, 1.807) is 0 Å². The summed E-state index contributed by atoms with van der Waals surface area (Å²) in [7, 11) is 0. The van der Waals surface area contributed by atoms with Crippen LogP contribution in [-0.2, 0) is 10.8 Å². The van der Waals surface area contributed by atoms with Gasteiger partial charge in [0.2, 0.25) is 0 Å². The highest BCUT2D eigenvalue weighted by atomic mass is 15.0. The Morgan fingerprint density at radius 1 is 0.441 bits per heavy atom. The first-order valence-electron chi connectivity index (χ1n) is 21.2. The first kappa shape index (κ1) is 33.4. The molecule has 0 saturated carbocycles. The van der Waals surface area contributed by atoms with Crippen LogP contribution in [0.5, 0.6) is 0 Å². The summed E-state index contributed by atoms with van der Waals surface area (Å²) in [5, 5.41) is 6.75. The summed E-state index contributed by atoms with van der Waals surface area (Å²) in [4.78, 5) is 0. The van der Waals surface area contributed by atoms with E-state index in [0.717, 1.165) is 0 Å². The molecule has 59 heavy (non-hydrogen) atoms.